The van der Waals surface area contributed by atoms with E-state index in [-0.39, 0.29) is 24.0 Å². The zero-order valence-electron chi connectivity index (χ0n) is 15.7. The van der Waals surface area contributed by atoms with Gasteiger partial charge in [0, 0.05) is 37.2 Å². The minimum absolute atomic E-state index is 0.0452. The minimum Gasteiger partial charge on any atom is -0.497 e. The van der Waals surface area contributed by atoms with E-state index >= 15 is 0 Å². The molecule has 1 amide bonds. The third-order valence-electron chi connectivity index (χ3n) is 5.71. The fourth-order valence-electron chi connectivity index (χ4n) is 4.31. The van der Waals surface area contributed by atoms with E-state index in [1.807, 2.05) is 48.5 Å². The van der Waals surface area contributed by atoms with E-state index in [1.165, 1.54) is 0 Å². The van der Waals surface area contributed by atoms with E-state index in [1.54, 1.807) is 14.2 Å². The molecular weight excluding hydrogens is 342 g/mol. The Morgan fingerprint density at radius 2 is 1.93 bits per heavy atom. The Bertz CT molecular complexity index is 821. The molecule has 1 heterocycles. The quantitative estimate of drug-likeness (QED) is 0.852. The summed E-state index contributed by atoms with van der Waals surface area (Å²) < 4.78 is 16.4. The van der Waals surface area contributed by atoms with Gasteiger partial charge in [-0.2, -0.15) is 0 Å². The van der Waals surface area contributed by atoms with Crippen LogP contribution in [0.3, 0.4) is 0 Å². The molecule has 5 nitrogen and oxygen atoms in total. The van der Waals surface area contributed by atoms with Gasteiger partial charge in [-0.25, -0.2) is 0 Å². The highest BCUT2D eigenvalue weighted by atomic mass is 16.5. The van der Waals surface area contributed by atoms with E-state index in [2.05, 4.69) is 5.32 Å². The van der Waals surface area contributed by atoms with Gasteiger partial charge in [-0.05, 0) is 41.8 Å². The average Bonchev–Trinajstić information content (AvgIpc) is 3.14. The first-order valence-electron chi connectivity index (χ1n) is 9.37. The SMILES string of the molecule is COC[C@@H]1[C@H](NC(=O)c2cccc(-c3cccc(OC)c3)c2)[C@@H]2CCO[C@H]12. The number of hydrogen-bond acceptors (Lipinski definition) is 4. The van der Waals surface area contributed by atoms with Crippen molar-refractivity contribution in [1.29, 1.82) is 0 Å². The number of rotatable bonds is 6. The summed E-state index contributed by atoms with van der Waals surface area (Å²) in [6, 6.07) is 15.7. The lowest BCUT2D eigenvalue weighted by Crippen LogP contribution is -2.62. The van der Waals surface area contributed by atoms with Crippen molar-refractivity contribution in [3.63, 3.8) is 0 Å². The second kappa shape index (κ2) is 7.71. The fraction of sp³-hybridized carbons (Fsp3) is 0.409. The van der Waals surface area contributed by atoms with Gasteiger partial charge in [-0.15, -0.1) is 0 Å². The first kappa shape index (κ1) is 18.0. The largest absolute Gasteiger partial charge is 0.497 e. The number of nitrogens with one attached hydrogen (secondary N) is 1. The predicted molar refractivity (Wildman–Crippen MR) is 103 cm³/mol. The molecule has 0 unspecified atom stereocenters. The highest BCUT2D eigenvalue weighted by Gasteiger charge is 2.54. The molecule has 4 rings (SSSR count). The second-order valence-electron chi connectivity index (χ2n) is 7.22. The summed E-state index contributed by atoms with van der Waals surface area (Å²) in [4.78, 5) is 12.9. The monoisotopic (exact) mass is 367 g/mol. The van der Waals surface area contributed by atoms with E-state index in [9.17, 15) is 4.79 Å². The number of carbonyl (C=O) groups is 1. The normalized spacial score (nSPS) is 26.1. The summed E-state index contributed by atoms with van der Waals surface area (Å²) in [6.07, 6.45) is 1.22. The molecule has 2 aliphatic rings. The molecule has 0 aromatic heterocycles. The van der Waals surface area contributed by atoms with Crippen LogP contribution in [0.2, 0.25) is 0 Å². The predicted octanol–water partition coefficient (Wildman–Crippen LogP) is 3.14. The van der Waals surface area contributed by atoms with Crippen LogP contribution >= 0.6 is 0 Å². The topological polar surface area (TPSA) is 56.8 Å². The highest BCUT2D eigenvalue weighted by molar-refractivity contribution is 5.95. The van der Waals surface area contributed by atoms with Crippen LogP contribution in [0.4, 0.5) is 0 Å². The molecule has 4 atom stereocenters. The van der Waals surface area contributed by atoms with Crippen LogP contribution in [0.1, 0.15) is 16.8 Å². The van der Waals surface area contributed by atoms with Crippen LogP contribution in [0.5, 0.6) is 5.75 Å². The van der Waals surface area contributed by atoms with Crippen LogP contribution < -0.4 is 10.1 Å². The molecule has 5 heteroatoms. The van der Waals surface area contributed by atoms with Gasteiger partial charge in [-0.1, -0.05) is 24.3 Å². The molecule has 2 aromatic rings. The Labute approximate surface area is 159 Å². The molecule has 1 saturated carbocycles. The maximum absolute atomic E-state index is 12.9. The molecule has 0 spiro atoms. The zero-order chi connectivity index (χ0) is 18.8. The van der Waals surface area contributed by atoms with Crippen LogP contribution in [0.25, 0.3) is 11.1 Å². The van der Waals surface area contributed by atoms with Crippen LogP contribution in [-0.4, -0.2) is 45.5 Å². The summed E-state index contributed by atoms with van der Waals surface area (Å²) in [5, 5.41) is 3.22. The van der Waals surface area contributed by atoms with E-state index < -0.39 is 0 Å². The summed E-state index contributed by atoms with van der Waals surface area (Å²) in [5.74, 6) is 1.38. The van der Waals surface area contributed by atoms with Gasteiger partial charge in [0.2, 0.25) is 0 Å². The number of benzene rings is 2. The number of hydrogen-bond donors (Lipinski definition) is 1. The Hall–Kier alpha value is -2.37. The minimum atomic E-state index is -0.0452. The van der Waals surface area contributed by atoms with Crippen LogP contribution in [0.15, 0.2) is 48.5 Å². The molecule has 27 heavy (non-hydrogen) atoms. The number of ether oxygens (including phenoxy) is 3. The third kappa shape index (κ3) is 3.45. The molecule has 1 aliphatic carbocycles. The molecule has 0 radical (unpaired) electrons. The number of fused-ring (bicyclic) bond motifs is 1. The molecule has 1 saturated heterocycles. The molecule has 2 aromatic carbocycles. The molecule has 142 valence electrons. The van der Waals surface area contributed by atoms with Crippen molar-refractivity contribution in [3.8, 4) is 16.9 Å². The van der Waals surface area contributed by atoms with Gasteiger partial charge in [0.25, 0.3) is 5.91 Å². The molecule has 1 aliphatic heterocycles. The van der Waals surface area contributed by atoms with Crippen molar-refractivity contribution in [3.05, 3.63) is 54.1 Å². The maximum Gasteiger partial charge on any atom is 0.251 e. The lowest BCUT2D eigenvalue weighted by molar-refractivity contribution is -0.0809. The van der Waals surface area contributed by atoms with Crippen molar-refractivity contribution in [2.24, 2.45) is 11.8 Å². The second-order valence-corrected chi connectivity index (χ2v) is 7.22. The Kier molecular flexibility index (Phi) is 5.14. The lowest BCUT2D eigenvalue weighted by atomic mass is 9.67. The van der Waals surface area contributed by atoms with Crippen LogP contribution in [0, 0.1) is 11.8 Å². The summed E-state index contributed by atoms with van der Waals surface area (Å²) in [5.41, 5.74) is 2.67. The number of amides is 1. The van der Waals surface area contributed by atoms with Crippen LogP contribution in [-0.2, 0) is 9.47 Å². The zero-order valence-corrected chi connectivity index (χ0v) is 15.7. The smallest absolute Gasteiger partial charge is 0.251 e. The molecule has 0 bridgehead atoms. The van der Waals surface area contributed by atoms with Gasteiger partial charge in [0.1, 0.15) is 5.75 Å². The average molecular weight is 367 g/mol. The molecular formula is C22H25NO4. The van der Waals surface area contributed by atoms with Crippen molar-refractivity contribution in [1.82, 2.24) is 5.32 Å². The highest BCUT2D eigenvalue weighted by Crippen LogP contribution is 2.43. The van der Waals surface area contributed by atoms with Gasteiger partial charge in [0.05, 0.1) is 19.8 Å². The van der Waals surface area contributed by atoms with Crippen molar-refractivity contribution in [2.45, 2.75) is 18.6 Å². The van der Waals surface area contributed by atoms with Gasteiger partial charge in [-0.3, -0.25) is 4.79 Å². The lowest BCUT2D eigenvalue weighted by Gasteiger charge is -2.47. The number of carbonyl (C=O) groups excluding carboxylic acids is 1. The fourth-order valence-corrected chi connectivity index (χ4v) is 4.31. The van der Waals surface area contributed by atoms with Gasteiger partial charge >= 0.3 is 0 Å². The Morgan fingerprint density at radius 1 is 1.15 bits per heavy atom. The summed E-state index contributed by atoms with van der Waals surface area (Å²) >= 11 is 0. The Morgan fingerprint density at radius 3 is 2.70 bits per heavy atom. The molecule has 2 fully saturated rings. The van der Waals surface area contributed by atoms with Crippen molar-refractivity contribution >= 4 is 5.91 Å². The van der Waals surface area contributed by atoms with E-state index in [0.717, 1.165) is 29.9 Å². The maximum atomic E-state index is 12.9. The van der Waals surface area contributed by atoms with Gasteiger partial charge < -0.3 is 19.5 Å². The van der Waals surface area contributed by atoms with Gasteiger partial charge in [0.15, 0.2) is 0 Å². The first-order valence-corrected chi connectivity index (χ1v) is 9.37. The van der Waals surface area contributed by atoms with Crippen molar-refractivity contribution < 1.29 is 19.0 Å². The standard InChI is InChI=1S/C22H25NO4/c1-25-13-19-20(18-9-10-27-21(18)19)23-22(24)16-7-3-5-14(11-16)15-6-4-8-17(12-15)26-2/h3-8,11-12,18-21H,9-10,13H2,1-2H3,(H,23,24)/t18-,19+,20+,21-/m0/s1. The summed E-state index contributed by atoms with van der Waals surface area (Å²) in [7, 11) is 3.34. The number of methoxy groups -OCH3 is 2. The van der Waals surface area contributed by atoms with E-state index in [4.69, 9.17) is 14.2 Å². The summed E-state index contributed by atoms with van der Waals surface area (Å²) in [6.45, 7) is 1.38. The third-order valence-corrected chi connectivity index (χ3v) is 5.71. The first-order chi connectivity index (χ1) is 13.2. The van der Waals surface area contributed by atoms with E-state index in [0.29, 0.717) is 18.1 Å². The molecule has 1 N–H and O–H groups in total. The van der Waals surface area contributed by atoms with Crippen molar-refractivity contribution in [2.75, 3.05) is 27.4 Å². The Balaban J connectivity index is 1.51.